The van der Waals surface area contributed by atoms with Crippen LogP contribution in [0.3, 0.4) is 0 Å². The summed E-state index contributed by atoms with van der Waals surface area (Å²) >= 11 is 0. The van der Waals surface area contributed by atoms with E-state index in [1.54, 1.807) is 30.3 Å². The van der Waals surface area contributed by atoms with Crippen LogP contribution >= 0.6 is 0 Å². The Morgan fingerprint density at radius 2 is 1.87 bits per heavy atom. The molecule has 1 heterocycles. The average Bonchev–Trinajstić information content (AvgIpc) is 2.73. The molecule has 0 fully saturated rings. The molecular formula is C21H26N5O4S+. The normalized spacial score (nSPS) is 12.6. The van der Waals surface area contributed by atoms with Gasteiger partial charge in [0.25, 0.3) is 11.5 Å². The molecule has 5 N–H and O–H groups in total. The van der Waals surface area contributed by atoms with Crippen LogP contribution in [-0.2, 0) is 27.8 Å². The van der Waals surface area contributed by atoms with Gasteiger partial charge in [0.1, 0.15) is 6.54 Å². The molecule has 164 valence electrons. The van der Waals surface area contributed by atoms with Gasteiger partial charge in [0.15, 0.2) is 12.4 Å². The van der Waals surface area contributed by atoms with Crippen molar-refractivity contribution in [1.29, 1.82) is 0 Å². The zero-order valence-corrected chi connectivity index (χ0v) is 18.0. The van der Waals surface area contributed by atoms with E-state index in [1.807, 2.05) is 13.0 Å². The Morgan fingerprint density at radius 1 is 1.16 bits per heavy atom. The highest BCUT2D eigenvalue weighted by Gasteiger charge is 2.15. The Bertz CT molecular complexity index is 1220. The van der Waals surface area contributed by atoms with Crippen molar-refractivity contribution >= 4 is 26.8 Å². The van der Waals surface area contributed by atoms with Gasteiger partial charge in [0.2, 0.25) is 10.0 Å². The lowest BCUT2D eigenvalue weighted by atomic mass is 10.1. The molecule has 0 radical (unpaired) electrons. The van der Waals surface area contributed by atoms with Crippen LogP contribution in [0.2, 0.25) is 0 Å². The van der Waals surface area contributed by atoms with Gasteiger partial charge in [0.05, 0.1) is 22.3 Å². The van der Waals surface area contributed by atoms with E-state index in [4.69, 9.17) is 5.14 Å². The van der Waals surface area contributed by atoms with Crippen LogP contribution in [0.5, 0.6) is 0 Å². The van der Waals surface area contributed by atoms with Crippen molar-refractivity contribution in [3.05, 3.63) is 70.3 Å². The van der Waals surface area contributed by atoms with Gasteiger partial charge in [-0.15, -0.1) is 0 Å². The van der Waals surface area contributed by atoms with Crippen molar-refractivity contribution < 1.29 is 18.1 Å². The molecule has 9 nitrogen and oxygen atoms in total. The first-order valence-corrected chi connectivity index (χ1v) is 11.5. The number of benzene rings is 2. The van der Waals surface area contributed by atoms with Crippen LogP contribution in [-0.4, -0.2) is 43.9 Å². The van der Waals surface area contributed by atoms with Gasteiger partial charge in [-0.05, 0) is 43.2 Å². The average molecular weight is 445 g/mol. The Morgan fingerprint density at radius 3 is 2.55 bits per heavy atom. The smallest absolute Gasteiger partial charge is 0.275 e. The summed E-state index contributed by atoms with van der Waals surface area (Å²) in [7, 11) is -3.71. The van der Waals surface area contributed by atoms with Gasteiger partial charge in [-0.3, -0.25) is 9.59 Å². The maximum Gasteiger partial charge on any atom is 0.275 e. The fraction of sp³-hybridized carbons (Fsp3) is 0.286. The van der Waals surface area contributed by atoms with Gasteiger partial charge in [-0.2, -0.15) is 0 Å². The molecular weight excluding hydrogens is 418 g/mol. The van der Waals surface area contributed by atoms with Gasteiger partial charge >= 0.3 is 0 Å². The molecule has 1 atom stereocenters. The van der Waals surface area contributed by atoms with E-state index in [0.29, 0.717) is 42.8 Å². The van der Waals surface area contributed by atoms with Crippen LogP contribution in [0.25, 0.3) is 10.9 Å². The van der Waals surface area contributed by atoms with Crippen LogP contribution in [0.4, 0.5) is 0 Å². The molecule has 0 spiro atoms. The van der Waals surface area contributed by atoms with Gasteiger partial charge in [-0.1, -0.05) is 24.3 Å². The largest absolute Gasteiger partial charge is 0.351 e. The number of rotatable bonds is 9. The summed E-state index contributed by atoms with van der Waals surface area (Å²) in [5.41, 5.74) is 1.34. The standard InChI is InChI=1S/C21H25N5O4S/c1-2-26(13-19-24-18-6-4-3-5-17(18)21(28)25-19)14-20(27)23-12-11-15-7-9-16(10-8-15)31(22,29)30/h3-10H,2,11-14H2,1H3,(H,23,27)(H2,22,29,30)(H,24,25,28)/p+1. The molecule has 1 unspecified atom stereocenters. The van der Waals surface area contributed by atoms with Crippen molar-refractivity contribution in [2.75, 3.05) is 19.6 Å². The highest BCUT2D eigenvalue weighted by Crippen LogP contribution is 2.09. The number of carbonyl (C=O) groups is 1. The molecule has 31 heavy (non-hydrogen) atoms. The molecule has 0 saturated carbocycles. The van der Waals surface area contributed by atoms with Crippen LogP contribution < -0.4 is 20.9 Å². The van der Waals surface area contributed by atoms with Crippen molar-refractivity contribution in [2.45, 2.75) is 24.8 Å². The number of aromatic nitrogens is 2. The minimum absolute atomic E-state index is 0.0582. The number of nitrogens with two attached hydrogens (primary N) is 1. The summed E-state index contributed by atoms with van der Waals surface area (Å²) in [6, 6.07) is 13.4. The molecule has 0 aliphatic heterocycles. The van der Waals surface area contributed by atoms with Crippen molar-refractivity contribution in [2.24, 2.45) is 5.14 Å². The quantitative estimate of drug-likeness (QED) is 0.347. The molecule has 10 heteroatoms. The first-order valence-electron chi connectivity index (χ1n) is 9.96. The Labute approximate surface area is 180 Å². The van der Waals surface area contributed by atoms with Gasteiger partial charge in [0, 0.05) is 6.54 Å². The molecule has 0 aliphatic carbocycles. The lowest BCUT2D eigenvalue weighted by Crippen LogP contribution is -3.11. The third-order valence-corrected chi connectivity index (χ3v) is 5.91. The predicted octanol–water partition coefficient (Wildman–Crippen LogP) is -0.666. The highest BCUT2D eigenvalue weighted by molar-refractivity contribution is 7.89. The van der Waals surface area contributed by atoms with Crippen LogP contribution in [0, 0.1) is 0 Å². The number of para-hydroxylation sites is 1. The number of sulfonamides is 1. The number of nitrogens with zero attached hydrogens (tertiary/aromatic N) is 1. The summed E-state index contributed by atoms with van der Waals surface area (Å²) < 4.78 is 22.6. The molecule has 2 aromatic carbocycles. The first kappa shape index (κ1) is 22.6. The third kappa shape index (κ3) is 6.20. The minimum atomic E-state index is -3.71. The maximum atomic E-state index is 12.3. The first-order chi connectivity index (χ1) is 14.8. The Kier molecular flexibility index (Phi) is 7.16. The summed E-state index contributed by atoms with van der Waals surface area (Å²) in [6.45, 7) is 3.76. The number of aromatic amines is 1. The number of H-pyrrole nitrogens is 1. The van der Waals surface area contributed by atoms with Crippen molar-refractivity contribution in [3.63, 3.8) is 0 Å². The maximum absolute atomic E-state index is 12.3. The third-order valence-electron chi connectivity index (χ3n) is 4.98. The molecule has 3 rings (SSSR count). The van der Waals surface area contributed by atoms with E-state index in [1.165, 1.54) is 12.1 Å². The molecule has 0 saturated heterocycles. The number of quaternary nitrogens is 1. The highest BCUT2D eigenvalue weighted by atomic mass is 32.2. The summed E-state index contributed by atoms with van der Waals surface area (Å²) in [4.78, 5) is 32.9. The second-order valence-electron chi connectivity index (χ2n) is 7.28. The molecule has 0 aliphatic rings. The van der Waals surface area contributed by atoms with E-state index >= 15 is 0 Å². The van der Waals surface area contributed by atoms with E-state index in [-0.39, 0.29) is 22.9 Å². The second kappa shape index (κ2) is 9.82. The number of carbonyl (C=O) groups excluding carboxylic acids is 1. The predicted molar refractivity (Wildman–Crippen MR) is 117 cm³/mol. The number of nitrogens with one attached hydrogen (secondary N) is 3. The SMILES string of the molecule is CC[NH+](CC(=O)NCCc1ccc(S(N)(=O)=O)cc1)Cc1nc2ccccc2c(=O)[nH]1. The van der Waals surface area contributed by atoms with Crippen molar-refractivity contribution in [1.82, 2.24) is 15.3 Å². The summed E-state index contributed by atoms with van der Waals surface area (Å²) in [5, 5.41) is 8.50. The Hall–Kier alpha value is -3.08. The summed E-state index contributed by atoms with van der Waals surface area (Å²) in [5.74, 6) is 0.435. The summed E-state index contributed by atoms with van der Waals surface area (Å²) in [6.07, 6.45) is 0.567. The minimum Gasteiger partial charge on any atom is -0.351 e. The molecule has 0 bridgehead atoms. The molecule has 1 aromatic heterocycles. The van der Waals surface area contributed by atoms with Crippen LogP contribution in [0.15, 0.2) is 58.2 Å². The second-order valence-corrected chi connectivity index (χ2v) is 8.84. The zero-order chi connectivity index (χ0) is 22.4. The van der Waals surface area contributed by atoms with E-state index < -0.39 is 10.0 Å². The van der Waals surface area contributed by atoms with E-state index in [2.05, 4.69) is 15.3 Å². The monoisotopic (exact) mass is 444 g/mol. The van der Waals surface area contributed by atoms with E-state index in [9.17, 15) is 18.0 Å². The topological polar surface area (TPSA) is 139 Å². The lowest BCUT2D eigenvalue weighted by molar-refractivity contribution is -0.904. The van der Waals surface area contributed by atoms with Crippen LogP contribution in [0.1, 0.15) is 18.3 Å². The molecule has 1 amide bonds. The van der Waals surface area contributed by atoms with Gasteiger partial charge < -0.3 is 15.2 Å². The number of hydrogen-bond donors (Lipinski definition) is 4. The number of likely N-dealkylation sites (N-methyl/N-ethyl adjacent to an activating group) is 1. The van der Waals surface area contributed by atoms with Crippen molar-refractivity contribution in [3.8, 4) is 0 Å². The molecule has 3 aromatic rings. The zero-order valence-electron chi connectivity index (χ0n) is 17.2. The number of hydrogen-bond acceptors (Lipinski definition) is 5. The fourth-order valence-electron chi connectivity index (χ4n) is 3.25. The lowest BCUT2D eigenvalue weighted by Gasteiger charge is -2.17. The van der Waals surface area contributed by atoms with Gasteiger partial charge in [-0.25, -0.2) is 18.5 Å². The number of primary sulfonamides is 1. The number of fused-ring (bicyclic) bond motifs is 1. The number of amides is 1. The van der Waals surface area contributed by atoms with E-state index in [0.717, 1.165) is 10.5 Å². The fourth-order valence-corrected chi connectivity index (χ4v) is 3.76. The Balaban J connectivity index is 1.52.